The van der Waals surface area contributed by atoms with E-state index in [2.05, 4.69) is 10.3 Å². The maximum atomic E-state index is 3.98. The van der Waals surface area contributed by atoms with E-state index in [9.17, 15) is 0 Å². The van der Waals surface area contributed by atoms with Crippen LogP contribution < -0.4 is 0 Å². The zero-order valence-electron chi connectivity index (χ0n) is 5.36. The molecule has 0 radical (unpaired) electrons. The zero-order chi connectivity index (χ0) is 6.97. The van der Waals surface area contributed by atoms with Gasteiger partial charge in [-0.15, -0.1) is 0 Å². The summed E-state index contributed by atoms with van der Waals surface area (Å²) in [6.07, 6.45) is 0. The molecule has 10 heavy (non-hydrogen) atoms. The van der Waals surface area contributed by atoms with Crippen molar-refractivity contribution in [2.45, 2.75) is 0 Å². The van der Waals surface area contributed by atoms with Crippen molar-refractivity contribution in [2.24, 2.45) is 0 Å². The third-order valence-corrected chi connectivity index (χ3v) is 3.24. The second-order valence-corrected chi connectivity index (χ2v) is 4.41. The van der Waals surface area contributed by atoms with Crippen LogP contribution in [0, 0.1) is 0 Å². The van der Waals surface area contributed by atoms with Crippen LogP contribution in [0.3, 0.4) is 0 Å². The van der Waals surface area contributed by atoms with Crippen molar-refractivity contribution in [3.8, 4) is 0 Å². The monoisotopic (exact) mass is 320 g/mol. The molecule has 0 spiro atoms. The minimum absolute atomic E-state index is 0.510. The summed E-state index contributed by atoms with van der Waals surface area (Å²) in [5, 5.41) is 7.93. The van der Waals surface area contributed by atoms with Crippen molar-refractivity contribution >= 4 is 11.0 Å². The number of nitrogens with zero attached hydrogens (tertiary/aromatic N) is 3. The van der Waals surface area contributed by atoms with E-state index in [0.717, 1.165) is 11.0 Å². The SMILES string of the molecule is [Hg][n]1nnc2ccccc21. The van der Waals surface area contributed by atoms with Gasteiger partial charge in [-0.2, -0.15) is 0 Å². The van der Waals surface area contributed by atoms with E-state index in [1.165, 1.54) is 0 Å². The number of hydrogen-bond donors (Lipinski definition) is 0. The Morgan fingerprint density at radius 2 is 2.10 bits per heavy atom. The van der Waals surface area contributed by atoms with E-state index in [1.807, 2.05) is 26.7 Å². The molecule has 0 atom stereocenters. The predicted molar refractivity (Wildman–Crippen MR) is 32.9 cm³/mol. The average Bonchev–Trinajstić information content (AvgIpc) is 2.34. The molecular weight excluding hydrogens is 315 g/mol. The second kappa shape index (κ2) is 2.31. The van der Waals surface area contributed by atoms with Crippen molar-refractivity contribution < 1.29 is 26.4 Å². The fraction of sp³-hybridized carbons (Fsp3) is 0. The van der Waals surface area contributed by atoms with Crippen LogP contribution >= 0.6 is 0 Å². The van der Waals surface area contributed by atoms with Gasteiger partial charge in [-0.3, -0.25) is 0 Å². The number of para-hydroxylation sites is 1. The molecule has 0 aliphatic heterocycles. The van der Waals surface area contributed by atoms with Gasteiger partial charge >= 0.3 is 74.5 Å². The Labute approximate surface area is 74.4 Å². The Kier molecular flexibility index (Phi) is 1.45. The third kappa shape index (κ3) is 0.849. The molecule has 4 heteroatoms. The van der Waals surface area contributed by atoms with Gasteiger partial charge in [0, 0.05) is 0 Å². The molecule has 0 N–H and O–H groups in total. The molecule has 0 aliphatic rings. The van der Waals surface area contributed by atoms with Crippen LogP contribution in [0.15, 0.2) is 24.3 Å². The van der Waals surface area contributed by atoms with Crippen LogP contribution in [0.4, 0.5) is 0 Å². The molecule has 0 amide bonds. The van der Waals surface area contributed by atoms with E-state index in [-0.39, 0.29) is 0 Å². The van der Waals surface area contributed by atoms with E-state index >= 15 is 0 Å². The standard InChI is InChI=1S/C6H4N3.Hg/c1-2-4-6-5(3-1)7-9-8-6;/h1-4H;/q-1;+1. The summed E-state index contributed by atoms with van der Waals surface area (Å²) in [5.41, 5.74) is 2.16. The van der Waals surface area contributed by atoms with Gasteiger partial charge in [0.2, 0.25) is 0 Å². The normalized spacial score (nSPS) is 10.6. The molecule has 1 aromatic carbocycles. The van der Waals surface area contributed by atoms with Crippen molar-refractivity contribution in [1.82, 2.24) is 12.8 Å². The average molecular weight is 319 g/mol. The van der Waals surface area contributed by atoms with E-state index < -0.39 is 0 Å². The molecule has 1 aromatic heterocycles. The Balaban J connectivity index is 2.93. The van der Waals surface area contributed by atoms with Gasteiger partial charge in [0.05, 0.1) is 0 Å². The number of hydrogen-bond acceptors (Lipinski definition) is 2. The van der Waals surface area contributed by atoms with Gasteiger partial charge in [0.15, 0.2) is 0 Å². The molecule has 2 aromatic rings. The predicted octanol–water partition coefficient (Wildman–Crippen LogP) is 0.741. The zero-order valence-corrected chi connectivity index (χ0v) is 10.9. The van der Waals surface area contributed by atoms with Crippen LogP contribution in [0.1, 0.15) is 0 Å². The molecule has 0 unspecified atom stereocenters. The molecule has 45 valence electrons. The molecule has 3 nitrogen and oxygen atoms in total. The summed E-state index contributed by atoms with van der Waals surface area (Å²) in [7, 11) is 0. The van der Waals surface area contributed by atoms with E-state index in [0.29, 0.717) is 26.4 Å². The van der Waals surface area contributed by atoms with Gasteiger partial charge in [-0.05, 0) is 0 Å². The second-order valence-electron chi connectivity index (χ2n) is 2.08. The number of aromatic nitrogens is 3. The molecular formula is C6H4HgN3. The molecule has 0 saturated heterocycles. The van der Waals surface area contributed by atoms with E-state index in [4.69, 9.17) is 0 Å². The topological polar surface area (TPSA) is 30.7 Å². The molecule has 0 fully saturated rings. The maximum absolute atomic E-state index is 3.98. The van der Waals surface area contributed by atoms with Gasteiger partial charge in [0.1, 0.15) is 0 Å². The van der Waals surface area contributed by atoms with Crippen molar-refractivity contribution in [1.29, 1.82) is 0 Å². The number of benzene rings is 1. The summed E-state index contributed by atoms with van der Waals surface area (Å²) >= 11 is 0.510. The first-order valence-corrected chi connectivity index (χ1v) is 5.45. The minimum atomic E-state index is 0.510. The summed E-state index contributed by atoms with van der Waals surface area (Å²) in [6, 6.07) is 8.01. The summed E-state index contributed by atoms with van der Waals surface area (Å²) in [6.45, 7) is 0. The van der Waals surface area contributed by atoms with Crippen molar-refractivity contribution in [2.75, 3.05) is 0 Å². The van der Waals surface area contributed by atoms with Crippen LogP contribution in [0.5, 0.6) is 0 Å². The van der Waals surface area contributed by atoms with Crippen molar-refractivity contribution in [3.63, 3.8) is 0 Å². The quantitative estimate of drug-likeness (QED) is 0.671. The number of rotatable bonds is 0. The number of fused-ring (bicyclic) bond motifs is 1. The van der Waals surface area contributed by atoms with Crippen LogP contribution in [0.25, 0.3) is 11.0 Å². The first-order valence-electron chi connectivity index (χ1n) is 2.99. The Bertz CT molecular complexity index is 355. The first-order chi connectivity index (χ1) is 4.88. The fourth-order valence-electron chi connectivity index (χ4n) is 0.917. The molecule has 0 saturated carbocycles. The fourth-order valence-corrected chi connectivity index (χ4v) is 2.20. The Morgan fingerprint density at radius 1 is 1.30 bits per heavy atom. The molecule has 2 rings (SSSR count). The van der Waals surface area contributed by atoms with Crippen LogP contribution in [0.2, 0.25) is 0 Å². The van der Waals surface area contributed by atoms with Gasteiger partial charge in [-0.25, -0.2) is 0 Å². The molecule has 0 aliphatic carbocycles. The summed E-state index contributed by atoms with van der Waals surface area (Å²) < 4.78 is 1.95. The van der Waals surface area contributed by atoms with Gasteiger partial charge in [0.25, 0.3) is 0 Å². The Hall–Kier alpha value is -0.445. The molecule has 0 bridgehead atoms. The first kappa shape index (κ1) is 6.28. The van der Waals surface area contributed by atoms with Crippen molar-refractivity contribution in [3.05, 3.63) is 24.3 Å². The van der Waals surface area contributed by atoms with Gasteiger partial charge in [-0.1, -0.05) is 0 Å². The summed E-state index contributed by atoms with van der Waals surface area (Å²) in [5.74, 6) is 0. The van der Waals surface area contributed by atoms with Crippen LogP contribution in [-0.2, 0) is 26.4 Å². The third-order valence-electron chi connectivity index (χ3n) is 1.42. The Morgan fingerprint density at radius 3 is 2.90 bits per heavy atom. The van der Waals surface area contributed by atoms with Crippen LogP contribution in [-0.4, -0.2) is 12.8 Å². The summed E-state index contributed by atoms with van der Waals surface area (Å²) in [4.78, 5) is 0. The molecule has 1 heterocycles. The van der Waals surface area contributed by atoms with Gasteiger partial charge < -0.3 is 0 Å². The van der Waals surface area contributed by atoms with E-state index in [1.54, 1.807) is 0 Å².